The van der Waals surface area contributed by atoms with Gasteiger partial charge < -0.3 is 9.84 Å². The van der Waals surface area contributed by atoms with Gasteiger partial charge >= 0.3 is 5.97 Å². The Balaban J connectivity index is 2.97. The summed E-state index contributed by atoms with van der Waals surface area (Å²) < 4.78 is 4.93. The molecule has 0 radical (unpaired) electrons. The molecule has 3 nitrogen and oxygen atoms in total. The molecule has 0 aliphatic heterocycles. The Morgan fingerprint density at radius 1 is 0.560 bits per heavy atom. The molecule has 25 heavy (non-hydrogen) atoms. The predicted octanol–water partition coefficient (Wildman–Crippen LogP) is 6.56. The minimum Gasteiger partial charge on any atom is -0.466 e. The van der Waals surface area contributed by atoms with Crippen LogP contribution in [-0.2, 0) is 9.53 Å². The van der Waals surface area contributed by atoms with Crippen LogP contribution in [0, 0.1) is 0 Å². The number of aliphatic hydroxyl groups excluding tert-OH is 1. The lowest BCUT2D eigenvalue weighted by atomic mass is 10.0. The van der Waals surface area contributed by atoms with E-state index in [9.17, 15) is 4.79 Å². The lowest BCUT2D eigenvalue weighted by Crippen LogP contribution is -2.00. The fraction of sp³-hybridized carbons (Fsp3) is 0.955. The van der Waals surface area contributed by atoms with Crippen LogP contribution in [0.1, 0.15) is 122 Å². The number of esters is 1. The van der Waals surface area contributed by atoms with E-state index in [1.807, 2.05) is 0 Å². The molecule has 3 heteroatoms. The molecule has 0 aliphatic rings. The molecule has 0 fully saturated rings. The first-order valence-corrected chi connectivity index (χ1v) is 11.0. The molecule has 0 aromatic carbocycles. The van der Waals surface area contributed by atoms with E-state index in [-0.39, 0.29) is 5.97 Å². The predicted molar refractivity (Wildman–Crippen MR) is 107 cm³/mol. The number of hydrogen-bond acceptors (Lipinski definition) is 3. The van der Waals surface area contributed by atoms with Crippen LogP contribution >= 0.6 is 0 Å². The molecule has 0 bridgehead atoms. The van der Waals surface area contributed by atoms with Crippen LogP contribution < -0.4 is 0 Å². The Morgan fingerprint density at radius 2 is 0.840 bits per heavy atom. The number of carbonyl (C=O) groups excluding carboxylic acids is 1. The van der Waals surface area contributed by atoms with Crippen LogP contribution in [0.25, 0.3) is 0 Å². The molecule has 0 saturated carbocycles. The Labute approximate surface area is 156 Å². The quantitative estimate of drug-likeness (QED) is 0.198. The number of ether oxygens (including phenoxy) is 1. The molecule has 0 spiro atoms. The van der Waals surface area contributed by atoms with E-state index in [1.165, 1.54) is 110 Å². The Bertz CT molecular complexity index is 266. The van der Waals surface area contributed by atoms with Gasteiger partial charge in [-0.25, -0.2) is 0 Å². The molecule has 0 rings (SSSR count). The average molecular weight is 357 g/mol. The lowest BCUT2D eigenvalue weighted by molar-refractivity contribution is -0.141. The molecule has 0 unspecified atom stereocenters. The third-order valence-corrected chi connectivity index (χ3v) is 4.86. The van der Waals surface area contributed by atoms with Crippen LogP contribution in [0.4, 0.5) is 0 Å². The fourth-order valence-corrected chi connectivity index (χ4v) is 3.26. The van der Waals surface area contributed by atoms with Gasteiger partial charge in [-0.3, -0.25) is 4.79 Å². The first-order chi connectivity index (χ1) is 12.3. The van der Waals surface area contributed by atoms with E-state index in [1.54, 1.807) is 0 Å². The summed E-state index contributed by atoms with van der Waals surface area (Å²) in [5.41, 5.74) is 0. The van der Waals surface area contributed by atoms with Crippen LogP contribution in [0.3, 0.4) is 0 Å². The summed E-state index contributed by atoms with van der Waals surface area (Å²) in [6.45, 7) is 2.43. The number of unbranched alkanes of at least 4 members (excludes halogenated alkanes) is 17. The molecule has 0 aromatic heterocycles. The van der Waals surface area contributed by atoms with Gasteiger partial charge in [0.1, 0.15) is 0 Å². The Hall–Kier alpha value is -0.570. The summed E-state index contributed by atoms with van der Waals surface area (Å²) >= 11 is 0. The highest BCUT2D eigenvalue weighted by molar-refractivity contribution is 5.65. The number of hydrogen-bond donors (Lipinski definition) is 1. The summed E-state index contributed by atoms with van der Waals surface area (Å²) in [5, 5.41) is 8.71. The standard InChI is InChI=1S/C22H44O3/c1-22(24)25-21-19-17-15-13-11-9-7-5-3-2-4-6-8-10-12-14-16-18-20-23/h23H,2-21H2,1H3. The molecule has 0 amide bonds. The van der Waals surface area contributed by atoms with Crippen LogP contribution in [-0.4, -0.2) is 24.3 Å². The van der Waals surface area contributed by atoms with Crippen molar-refractivity contribution in [3.8, 4) is 0 Å². The summed E-state index contributed by atoms with van der Waals surface area (Å²) in [5.74, 6) is -0.158. The number of carbonyl (C=O) groups is 1. The second-order valence-electron chi connectivity index (χ2n) is 7.43. The highest BCUT2D eigenvalue weighted by atomic mass is 16.5. The second kappa shape index (κ2) is 21.5. The Morgan fingerprint density at radius 3 is 1.12 bits per heavy atom. The topological polar surface area (TPSA) is 46.5 Å². The third kappa shape index (κ3) is 23.4. The molecule has 0 saturated heterocycles. The summed E-state index contributed by atoms with van der Waals surface area (Å²) in [6, 6.07) is 0. The second-order valence-corrected chi connectivity index (χ2v) is 7.43. The zero-order chi connectivity index (χ0) is 18.4. The van der Waals surface area contributed by atoms with Crippen molar-refractivity contribution >= 4 is 5.97 Å². The van der Waals surface area contributed by atoms with Crippen molar-refractivity contribution in [2.75, 3.05) is 13.2 Å². The van der Waals surface area contributed by atoms with Gasteiger partial charge in [-0.1, -0.05) is 103 Å². The summed E-state index contributed by atoms with van der Waals surface area (Å²) in [7, 11) is 0. The van der Waals surface area contributed by atoms with E-state index >= 15 is 0 Å². The zero-order valence-electron chi connectivity index (χ0n) is 16.9. The molecular formula is C22H44O3. The van der Waals surface area contributed by atoms with Gasteiger partial charge in [-0.15, -0.1) is 0 Å². The van der Waals surface area contributed by atoms with Crippen molar-refractivity contribution < 1.29 is 14.6 Å². The number of rotatable bonds is 20. The molecular weight excluding hydrogens is 312 g/mol. The Kier molecular flexibility index (Phi) is 21.0. The van der Waals surface area contributed by atoms with Crippen molar-refractivity contribution in [1.82, 2.24) is 0 Å². The zero-order valence-corrected chi connectivity index (χ0v) is 16.9. The average Bonchev–Trinajstić information content (AvgIpc) is 2.60. The monoisotopic (exact) mass is 356 g/mol. The van der Waals surface area contributed by atoms with Gasteiger partial charge in [0, 0.05) is 13.5 Å². The molecule has 0 aromatic rings. The van der Waals surface area contributed by atoms with E-state index in [0.717, 1.165) is 12.8 Å². The largest absolute Gasteiger partial charge is 0.466 e. The first kappa shape index (κ1) is 24.4. The van der Waals surface area contributed by atoms with E-state index < -0.39 is 0 Å². The fourth-order valence-electron chi connectivity index (χ4n) is 3.26. The minimum atomic E-state index is -0.158. The van der Waals surface area contributed by atoms with Crippen LogP contribution in [0.2, 0.25) is 0 Å². The lowest BCUT2D eigenvalue weighted by Gasteiger charge is -2.04. The molecule has 150 valence electrons. The van der Waals surface area contributed by atoms with Crippen LogP contribution in [0.15, 0.2) is 0 Å². The van der Waals surface area contributed by atoms with Gasteiger partial charge in [0.25, 0.3) is 0 Å². The van der Waals surface area contributed by atoms with Gasteiger partial charge in [0.2, 0.25) is 0 Å². The third-order valence-electron chi connectivity index (χ3n) is 4.86. The molecule has 0 heterocycles. The summed E-state index contributed by atoms with van der Waals surface area (Å²) in [6.07, 6.45) is 23.6. The normalized spacial score (nSPS) is 11.0. The minimum absolute atomic E-state index is 0.158. The van der Waals surface area contributed by atoms with Gasteiger partial charge in [-0.2, -0.15) is 0 Å². The van der Waals surface area contributed by atoms with E-state index in [4.69, 9.17) is 9.84 Å². The maximum absolute atomic E-state index is 10.6. The maximum Gasteiger partial charge on any atom is 0.302 e. The van der Waals surface area contributed by atoms with Gasteiger partial charge in [0.05, 0.1) is 6.61 Å². The van der Waals surface area contributed by atoms with Crippen molar-refractivity contribution in [3.05, 3.63) is 0 Å². The highest BCUT2D eigenvalue weighted by Crippen LogP contribution is 2.14. The van der Waals surface area contributed by atoms with E-state index in [2.05, 4.69) is 0 Å². The first-order valence-electron chi connectivity index (χ1n) is 11.0. The molecule has 0 atom stereocenters. The summed E-state index contributed by atoms with van der Waals surface area (Å²) in [4.78, 5) is 10.6. The smallest absolute Gasteiger partial charge is 0.302 e. The maximum atomic E-state index is 10.6. The molecule has 1 N–H and O–H groups in total. The number of aliphatic hydroxyl groups is 1. The van der Waals surface area contributed by atoms with Crippen molar-refractivity contribution in [2.24, 2.45) is 0 Å². The SMILES string of the molecule is CC(=O)OCCCCCCCCCCCCCCCCCCCCO. The highest BCUT2D eigenvalue weighted by Gasteiger charge is 1.96. The molecule has 0 aliphatic carbocycles. The van der Waals surface area contributed by atoms with Gasteiger partial charge in [-0.05, 0) is 12.8 Å². The van der Waals surface area contributed by atoms with Crippen molar-refractivity contribution in [1.29, 1.82) is 0 Å². The van der Waals surface area contributed by atoms with E-state index in [0.29, 0.717) is 13.2 Å². The van der Waals surface area contributed by atoms with Gasteiger partial charge in [0.15, 0.2) is 0 Å². The van der Waals surface area contributed by atoms with Crippen molar-refractivity contribution in [2.45, 2.75) is 122 Å². The van der Waals surface area contributed by atoms with Crippen LogP contribution in [0.5, 0.6) is 0 Å². The van der Waals surface area contributed by atoms with Crippen molar-refractivity contribution in [3.63, 3.8) is 0 Å².